The molecule has 0 saturated carbocycles. The van der Waals surface area contributed by atoms with Gasteiger partial charge in [-0.2, -0.15) is 0 Å². The van der Waals surface area contributed by atoms with Crippen molar-refractivity contribution in [2.75, 3.05) is 6.61 Å². The first-order valence-corrected chi connectivity index (χ1v) is 6.25. The Morgan fingerprint density at radius 1 is 1.12 bits per heavy atom. The number of ether oxygens (including phenoxy) is 1. The van der Waals surface area contributed by atoms with E-state index in [-0.39, 0.29) is 5.97 Å². The van der Waals surface area contributed by atoms with Crippen LogP contribution in [0.15, 0.2) is 24.8 Å². The van der Waals surface area contributed by atoms with Crippen LogP contribution in [0, 0.1) is 0 Å². The molecule has 0 spiro atoms. The van der Waals surface area contributed by atoms with Crippen molar-refractivity contribution >= 4 is 5.97 Å². The van der Waals surface area contributed by atoms with Gasteiger partial charge < -0.3 is 4.74 Å². The van der Waals surface area contributed by atoms with Gasteiger partial charge in [-0.15, -0.1) is 0 Å². The van der Waals surface area contributed by atoms with E-state index in [9.17, 15) is 4.79 Å². The molecule has 0 aliphatic carbocycles. The predicted molar refractivity (Wildman–Crippen MR) is 68.3 cm³/mol. The molecule has 0 unspecified atom stereocenters. The number of unbranched alkanes of at least 4 members (excludes halogenated alkanes) is 5. The fourth-order valence-corrected chi connectivity index (χ4v) is 1.41. The number of hydrogen-bond donors (Lipinski definition) is 0. The molecule has 2 nitrogen and oxygen atoms in total. The zero-order chi connectivity index (χ0) is 12.1. The average Bonchev–Trinajstić information content (AvgIpc) is 2.31. The Labute approximate surface area is 99.4 Å². The number of hydrogen-bond acceptors (Lipinski definition) is 2. The van der Waals surface area contributed by atoms with Crippen molar-refractivity contribution in [3.63, 3.8) is 0 Å². The van der Waals surface area contributed by atoms with Crippen LogP contribution < -0.4 is 0 Å². The number of carbonyl (C=O) groups is 1. The van der Waals surface area contributed by atoms with Gasteiger partial charge in [0, 0.05) is 6.08 Å². The lowest BCUT2D eigenvalue weighted by Crippen LogP contribution is -2.01. The van der Waals surface area contributed by atoms with Crippen LogP contribution in [0.4, 0.5) is 0 Å². The molecule has 92 valence electrons. The van der Waals surface area contributed by atoms with E-state index in [0.717, 1.165) is 19.3 Å². The molecule has 0 aromatic carbocycles. The fraction of sp³-hybridized carbons (Fsp3) is 0.643. The largest absolute Gasteiger partial charge is 0.463 e. The van der Waals surface area contributed by atoms with Gasteiger partial charge >= 0.3 is 5.97 Å². The number of carbonyl (C=O) groups excluding carboxylic acids is 1. The Morgan fingerprint density at radius 2 is 1.81 bits per heavy atom. The zero-order valence-electron chi connectivity index (χ0n) is 10.4. The summed E-state index contributed by atoms with van der Waals surface area (Å²) in [6.45, 7) is 6.03. The highest BCUT2D eigenvalue weighted by atomic mass is 16.5. The molecule has 0 bridgehead atoms. The molecule has 0 aromatic heterocycles. The van der Waals surface area contributed by atoms with Gasteiger partial charge in [0.2, 0.25) is 0 Å². The molecule has 0 saturated heterocycles. The molecule has 0 heterocycles. The summed E-state index contributed by atoms with van der Waals surface area (Å²) in [6.07, 6.45) is 13.9. The molecule has 0 N–H and O–H groups in total. The first-order chi connectivity index (χ1) is 7.81. The van der Waals surface area contributed by atoms with Crippen molar-refractivity contribution in [1.29, 1.82) is 0 Å². The van der Waals surface area contributed by atoms with E-state index in [1.54, 1.807) is 0 Å². The second-order valence-electron chi connectivity index (χ2n) is 3.81. The van der Waals surface area contributed by atoms with Crippen molar-refractivity contribution in [2.45, 2.75) is 51.9 Å². The van der Waals surface area contributed by atoms with Crippen molar-refractivity contribution < 1.29 is 9.53 Å². The van der Waals surface area contributed by atoms with Gasteiger partial charge in [-0.3, -0.25) is 0 Å². The Hall–Kier alpha value is -1.05. The second-order valence-corrected chi connectivity index (χ2v) is 3.81. The molecule has 0 fully saturated rings. The van der Waals surface area contributed by atoms with E-state index in [0.29, 0.717) is 6.61 Å². The maximum atomic E-state index is 10.7. The van der Waals surface area contributed by atoms with Crippen molar-refractivity contribution in [3.05, 3.63) is 24.8 Å². The minimum absolute atomic E-state index is 0.315. The van der Waals surface area contributed by atoms with Gasteiger partial charge in [-0.05, 0) is 25.7 Å². The smallest absolute Gasteiger partial charge is 0.330 e. The van der Waals surface area contributed by atoms with Crippen LogP contribution in [-0.4, -0.2) is 12.6 Å². The first kappa shape index (κ1) is 14.9. The quantitative estimate of drug-likeness (QED) is 0.242. The Balaban J connectivity index is 3.07. The predicted octanol–water partition coefficient (Wildman–Crippen LogP) is 4.02. The molecule has 0 radical (unpaired) electrons. The molecule has 2 heteroatoms. The van der Waals surface area contributed by atoms with Gasteiger partial charge in [-0.1, -0.05) is 44.9 Å². The maximum absolute atomic E-state index is 10.7. The molecule has 0 atom stereocenters. The van der Waals surface area contributed by atoms with Crippen LogP contribution >= 0.6 is 0 Å². The third-order valence-electron chi connectivity index (χ3n) is 2.33. The van der Waals surface area contributed by atoms with Crippen molar-refractivity contribution in [1.82, 2.24) is 0 Å². The number of esters is 1. The normalized spacial score (nSPS) is 10.6. The van der Waals surface area contributed by atoms with Gasteiger partial charge in [-0.25, -0.2) is 4.79 Å². The van der Waals surface area contributed by atoms with E-state index in [2.05, 4.69) is 25.7 Å². The summed E-state index contributed by atoms with van der Waals surface area (Å²) in [7, 11) is 0. The Kier molecular flexibility index (Phi) is 11.2. The second kappa shape index (κ2) is 12.0. The Bertz CT molecular complexity index is 207. The summed E-state index contributed by atoms with van der Waals surface area (Å²) < 4.78 is 4.88. The van der Waals surface area contributed by atoms with Crippen LogP contribution in [0.25, 0.3) is 0 Å². The number of allylic oxidation sites excluding steroid dienone is 2. The topological polar surface area (TPSA) is 26.3 Å². The first-order valence-electron chi connectivity index (χ1n) is 6.25. The van der Waals surface area contributed by atoms with E-state index in [1.165, 1.54) is 31.8 Å². The average molecular weight is 224 g/mol. The van der Waals surface area contributed by atoms with Crippen LogP contribution in [0.1, 0.15) is 51.9 Å². The molecule has 0 amide bonds. The lowest BCUT2D eigenvalue weighted by Gasteiger charge is -2.01. The monoisotopic (exact) mass is 224 g/mol. The van der Waals surface area contributed by atoms with E-state index in [1.807, 2.05) is 0 Å². The molecule has 0 aliphatic heterocycles. The standard InChI is InChI=1S/C14H24O2/c1-3-5-6-7-8-9-10-11-12-13-16-14(15)4-2/h4-6H,2-3,7-13H2,1H3/b6-5+. The third kappa shape index (κ3) is 11.0. The van der Waals surface area contributed by atoms with Crippen molar-refractivity contribution in [2.24, 2.45) is 0 Å². The fourth-order valence-electron chi connectivity index (χ4n) is 1.41. The summed E-state index contributed by atoms with van der Waals surface area (Å²) in [5, 5.41) is 0. The highest BCUT2D eigenvalue weighted by molar-refractivity contribution is 5.81. The van der Waals surface area contributed by atoms with E-state index in [4.69, 9.17) is 4.74 Å². The van der Waals surface area contributed by atoms with Crippen LogP contribution in [0.2, 0.25) is 0 Å². The maximum Gasteiger partial charge on any atom is 0.330 e. The van der Waals surface area contributed by atoms with Gasteiger partial charge in [0.25, 0.3) is 0 Å². The minimum Gasteiger partial charge on any atom is -0.463 e. The third-order valence-corrected chi connectivity index (χ3v) is 2.33. The van der Waals surface area contributed by atoms with Gasteiger partial charge in [0.05, 0.1) is 6.61 Å². The lowest BCUT2D eigenvalue weighted by molar-refractivity contribution is -0.137. The SMILES string of the molecule is C=CC(=O)OCCCCCCC/C=C/CC. The molecule has 16 heavy (non-hydrogen) atoms. The summed E-state index contributed by atoms with van der Waals surface area (Å²) >= 11 is 0. The van der Waals surface area contributed by atoms with Crippen LogP contribution in [-0.2, 0) is 9.53 Å². The summed E-state index contributed by atoms with van der Waals surface area (Å²) in [4.78, 5) is 10.7. The van der Waals surface area contributed by atoms with Crippen LogP contribution in [0.5, 0.6) is 0 Å². The molecular weight excluding hydrogens is 200 g/mol. The summed E-state index contributed by atoms with van der Waals surface area (Å²) in [5.41, 5.74) is 0. The van der Waals surface area contributed by atoms with Crippen molar-refractivity contribution in [3.8, 4) is 0 Å². The minimum atomic E-state index is -0.315. The molecule has 0 rings (SSSR count). The Morgan fingerprint density at radius 3 is 2.50 bits per heavy atom. The van der Waals surface area contributed by atoms with Gasteiger partial charge in [0.15, 0.2) is 0 Å². The van der Waals surface area contributed by atoms with E-state index >= 15 is 0 Å². The molecular formula is C14H24O2. The zero-order valence-corrected chi connectivity index (χ0v) is 10.4. The lowest BCUT2D eigenvalue weighted by atomic mass is 10.1. The van der Waals surface area contributed by atoms with Crippen LogP contribution in [0.3, 0.4) is 0 Å². The number of rotatable bonds is 10. The molecule has 0 aliphatic rings. The highest BCUT2D eigenvalue weighted by Gasteiger charge is 1.94. The highest BCUT2D eigenvalue weighted by Crippen LogP contribution is 2.06. The van der Waals surface area contributed by atoms with E-state index < -0.39 is 0 Å². The molecule has 0 aromatic rings. The van der Waals surface area contributed by atoms with Gasteiger partial charge in [0.1, 0.15) is 0 Å². The summed E-state index contributed by atoms with van der Waals surface area (Å²) in [6, 6.07) is 0. The summed E-state index contributed by atoms with van der Waals surface area (Å²) in [5.74, 6) is -0.315.